The van der Waals surface area contributed by atoms with Crippen LogP contribution >= 0.6 is 0 Å². The number of nitrogen functional groups attached to an aromatic ring is 1. The van der Waals surface area contributed by atoms with Crippen molar-refractivity contribution in [2.24, 2.45) is 0 Å². The van der Waals surface area contributed by atoms with Crippen LogP contribution in [-0.2, 0) is 0 Å². The standard InChI is InChI=1S/C11H12FN3O/c1-7-3-11(13)15(14-7)9-4-8(12)5-10(6-9)16-2/h3-6H,13H2,1-2H3. The van der Waals surface area contributed by atoms with Crippen molar-refractivity contribution in [3.63, 3.8) is 0 Å². The Morgan fingerprint density at radius 2 is 2.06 bits per heavy atom. The van der Waals surface area contributed by atoms with Crippen LogP contribution in [0.2, 0.25) is 0 Å². The molecular weight excluding hydrogens is 209 g/mol. The lowest BCUT2D eigenvalue weighted by Crippen LogP contribution is -2.02. The second-order valence-electron chi connectivity index (χ2n) is 3.47. The molecule has 2 aromatic rings. The zero-order valence-electron chi connectivity index (χ0n) is 9.07. The number of aromatic nitrogens is 2. The van der Waals surface area contributed by atoms with E-state index in [0.717, 1.165) is 5.69 Å². The number of aryl methyl sites for hydroxylation is 1. The van der Waals surface area contributed by atoms with Crippen LogP contribution in [0.15, 0.2) is 24.3 Å². The van der Waals surface area contributed by atoms with Gasteiger partial charge in [-0.05, 0) is 13.0 Å². The number of methoxy groups -OCH3 is 1. The van der Waals surface area contributed by atoms with Gasteiger partial charge < -0.3 is 10.5 Å². The number of halogens is 1. The topological polar surface area (TPSA) is 53.1 Å². The second kappa shape index (κ2) is 3.84. The summed E-state index contributed by atoms with van der Waals surface area (Å²) in [5, 5.41) is 4.17. The van der Waals surface area contributed by atoms with Crippen LogP contribution in [0.5, 0.6) is 5.75 Å². The summed E-state index contributed by atoms with van der Waals surface area (Å²) in [5.74, 6) is 0.509. The number of rotatable bonds is 2. The number of ether oxygens (including phenoxy) is 1. The molecule has 0 aliphatic heterocycles. The van der Waals surface area contributed by atoms with Crippen LogP contribution in [0.3, 0.4) is 0 Å². The van der Waals surface area contributed by atoms with E-state index < -0.39 is 0 Å². The van der Waals surface area contributed by atoms with E-state index in [4.69, 9.17) is 10.5 Å². The highest BCUT2D eigenvalue weighted by Crippen LogP contribution is 2.21. The summed E-state index contributed by atoms with van der Waals surface area (Å²) in [4.78, 5) is 0. The van der Waals surface area contributed by atoms with Crippen LogP contribution in [0.1, 0.15) is 5.69 Å². The molecule has 84 valence electrons. The van der Waals surface area contributed by atoms with E-state index in [9.17, 15) is 4.39 Å². The highest BCUT2D eigenvalue weighted by Gasteiger charge is 2.07. The van der Waals surface area contributed by atoms with Gasteiger partial charge in [0, 0.05) is 18.2 Å². The number of nitrogens with zero attached hydrogens (tertiary/aromatic N) is 2. The van der Waals surface area contributed by atoms with Gasteiger partial charge in [-0.2, -0.15) is 5.10 Å². The van der Waals surface area contributed by atoms with Gasteiger partial charge in [-0.1, -0.05) is 0 Å². The van der Waals surface area contributed by atoms with E-state index in [1.54, 1.807) is 12.1 Å². The van der Waals surface area contributed by atoms with Crippen molar-refractivity contribution in [1.29, 1.82) is 0 Å². The van der Waals surface area contributed by atoms with Crippen LogP contribution < -0.4 is 10.5 Å². The molecule has 0 spiro atoms. The average molecular weight is 221 g/mol. The molecule has 0 fully saturated rings. The van der Waals surface area contributed by atoms with E-state index in [1.165, 1.54) is 23.9 Å². The van der Waals surface area contributed by atoms with E-state index in [-0.39, 0.29) is 5.82 Å². The lowest BCUT2D eigenvalue weighted by Gasteiger charge is -2.06. The summed E-state index contributed by atoms with van der Waals surface area (Å²) in [6, 6.07) is 6.05. The first-order valence-corrected chi connectivity index (χ1v) is 4.77. The Morgan fingerprint density at radius 3 is 2.62 bits per heavy atom. The third-order valence-electron chi connectivity index (χ3n) is 2.20. The van der Waals surface area contributed by atoms with Crippen molar-refractivity contribution >= 4 is 5.82 Å². The molecule has 0 aliphatic carbocycles. The van der Waals surface area contributed by atoms with E-state index in [0.29, 0.717) is 17.3 Å². The van der Waals surface area contributed by atoms with Crippen molar-refractivity contribution in [2.75, 3.05) is 12.8 Å². The highest BCUT2D eigenvalue weighted by molar-refractivity contribution is 5.46. The van der Waals surface area contributed by atoms with Gasteiger partial charge in [-0.15, -0.1) is 0 Å². The fourth-order valence-electron chi connectivity index (χ4n) is 1.51. The monoisotopic (exact) mass is 221 g/mol. The number of nitrogens with two attached hydrogens (primary N) is 1. The molecule has 0 atom stereocenters. The fraction of sp³-hybridized carbons (Fsp3) is 0.182. The van der Waals surface area contributed by atoms with Crippen LogP contribution in [0, 0.1) is 12.7 Å². The molecule has 0 saturated heterocycles. The minimum absolute atomic E-state index is 0.387. The molecule has 5 heteroatoms. The van der Waals surface area contributed by atoms with Crippen molar-refractivity contribution in [2.45, 2.75) is 6.92 Å². The Balaban J connectivity index is 2.55. The van der Waals surface area contributed by atoms with Gasteiger partial charge in [0.2, 0.25) is 0 Å². The first-order chi connectivity index (χ1) is 7.60. The van der Waals surface area contributed by atoms with Crippen LogP contribution in [0.25, 0.3) is 5.69 Å². The summed E-state index contributed by atoms with van der Waals surface area (Å²) in [5.41, 5.74) is 7.07. The summed E-state index contributed by atoms with van der Waals surface area (Å²) in [6.07, 6.45) is 0. The quantitative estimate of drug-likeness (QED) is 0.842. The number of benzene rings is 1. The minimum atomic E-state index is -0.387. The maximum Gasteiger partial charge on any atom is 0.129 e. The van der Waals surface area contributed by atoms with E-state index >= 15 is 0 Å². The third-order valence-corrected chi connectivity index (χ3v) is 2.20. The SMILES string of the molecule is COc1cc(F)cc(-n2nc(C)cc2N)c1. The van der Waals surface area contributed by atoms with Crippen LogP contribution in [0.4, 0.5) is 10.2 Å². The largest absolute Gasteiger partial charge is 0.497 e. The molecular formula is C11H12FN3O. The normalized spacial score (nSPS) is 10.4. The van der Waals surface area contributed by atoms with Crippen molar-refractivity contribution in [3.8, 4) is 11.4 Å². The maximum atomic E-state index is 13.3. The lowest BCUT2D eigenvalue weighted by molar-refractivity contribution is 0.411. The smallest absolute Gasteiger partial charge is 0.129 e. The zero-order valence-corrected chi connectivity index (χ0v) is 9.07. The molecule has 16 heavy (non-hydrogen) atoms. The zero-order chi connectivity index (χ0) is 11.7. The molecule has 4 nitrogen and oxygen atoms in total. The molecule has 0 aliphatic rings. The predicted octanol–water partition coefficient (Wildman–Crippen LogP) is 1.91. The first-order valence-electron chi connectivity index (χ1n) is 4.77. The Kier molecular flexibility index (Phi) is 2.52. The van der Waals surface area contributed by atoms with Gasteiger partial charge in [0.05, 0.1) is 18.5 Å². The molecule has 0 unspecified atom stereocenters. The van der Waals surface area contributed by atoms with Gasteiger partial charge in [-0.25, -0.2) is 9.07 Å². The van der Waals surface area contributed by atoms with Crippen molar-refractivity contribution in [1.82, 2.24) is 9.78 Å². The molecule has 2 N–H and O–H groups in total. The predicted molar refractivity (Wildman–Crippen MR) is 59.2 cm³/mol. The fourth-order valence-corrected chi connectivity index (χ4v) is 1.51. The molecule has 2 rings (SSSR count). The molecule has 0 amide bonds. The van der Waals surface area contributed by atoms with Gasteiger partial charge in [0.25, 0.3) is 0 Å². The Hall–Kier alpha value is -2.04. The number of hydrogen-bond donors (Lipinski definition) is 1. The lowest BCUT2D eigenvalue weighted by atomic mass is 10.3. The molecule has 0 saturated carbocycles. The Labute approximate surface area is 92.4 Å². The molecule has 1 heterocycles. The molecule has 0 radical (unpaired) electrons. The van der Waals surface area contributed by atoms with E-state index in [1.807, 2.05) is 6.92 Å². The maximum absolute atomic E-state index is 13.3. The van der Waals surface area contributed by atoms with Crippen LogP contribution in [-0.4, -0.2) is 16.9 Å². The van der Waals surface area contributed by atoms with Gasteiger partial charge in [0.15, 0.2) is 0 Å². The summed E-state index contributed by atoms with van der Waals surface area (Å²) < 4.78 is 19.7. The minimum Gasteiger partial charge on any atom is -0.497 e. The third kappa shape index (κ3) is 1.84. The highest BCUT2D eigenvalue weighted by atomic mass is 19.1. The van der Waals surface area contributed by atoms with Crippen molar-refractivity contribution in [3.05, 3.63) is 35.8 Å². The molecule has 1 aromatic heterocycles. The van der Waals surface area contributed by atoms with Crippen molar-refractivity contribution < 1.29 is 9.13 Å². The van der Waals surface area contributed by atoms with Gasteiger partial charge in [-0.3, -0.25) is 0 Å². The second-order valence-corrected chi connectivity index (χ2v) is 3.47. The summed E-state index contributed by atoms with van der Waals surface area (Å²) >= 11 is 0. The molecule has 1 aromatic carbocycles. The number of hydrogen-bond acceptors (Lipinski definition) is 3. The Bertz CT molecular complexity index is 522. The van der Waals surface area contributed by atoms with Gasteiger partial charge in [0.1, 0.15) is 17.4 Å². The Morgan fingerprint density at radius 1 is 1.31 bits per heavy atom. The summed E-state index contributed by atoms with van der Waals surface area (Å²) in [7, 11) is 1.48. The average Bonchev–Trinajstić information content (AvgIpc) is 2.57. The summed E-state index contributed by atoms with van der Waals surface area (Å²) in [6.45, 7) is 1.82. The van der Waals surface area contributed by atoms with Gasteiger partial charge >= 0.3 is 0 Å². The first kappa shape index (κ1) is 10.5. The number of anilines is 1. The van der Waals surface area contributed by atoms with E-state index in [2.05, 4.69) is 5.10 Å². The molecule has 0 bridgehead atoms.